The van der Waals surface area contributed by atoms with E-state index in [0.29, 0.717) is 33.2 Å². The SMILES string of the molecule is Cn1c(=O)c2c(SCc3ccccc3F)nc(C3CC3)nc2n(C)c1=O. The van der Waals surface area contributed by atoms with Crippen LogP contribution in [-0.4, -0.2) is 19.1 Å². The number of benzene rings is 1. The lowest BCUT2D eigenvalue weighted by atomic mass is 10.2. The molecule has 134 valence electrons. The fraction of sp³-hybridized carbons (Fsp3) is 0.333. The van der Waals surface area contributed by atoms with E-state index in [-0.39, 0.29) is 11.7 Å². The standard InChI is InChI=1S/C18H17FN4O2S/c1-22-15-13(17(24)23(2)18(22)25)16(21-14(20-15)10-7-8-10)26-9-11-5-3-4-6-12(11)19/h3-6,10H,7-9H2,1-2H3. The third kappa shape index (κ3) is 2.84. The number of rotatable bonds is 4. The predicted molar refractivity (Wildman–Crippen MR) is 98.0 cm³/mol. The van der Waals surface area contributed by atoms with Crippen LogP contribution in [0.3, 0.4) is 0 Å². The van der Waals surface area contributed by atoms with Gasteiger partial charge in [0.25, 0.3) is 5.56 Å². The van der Waals surface area contributed by atoms with E-state index in [2.05, 4.69) is 9.97 Å². The molecule has 26 heavy (non-hydrogen) atoms. The minimum absolute atomic E-state index is 0.270. The van der Waals surface area contributed by atoms with Crippen LogP contribution in [0.2, 0.25) is 0 Å². The normalized spacial score (nSPS) is 14.1. The highest BCUT2D eigenvalue weighted by Gasteiger charge is 2.29. The van der Waals surface area contributed by atoms with E-state index in [1.165, 1.54) is 29.4 Å². The summed E-state index contributed by atoms with van der Waals surface area (Å²) in [6, 6.07) is 6.53. The molecule has 3 aromatic rings. The molecule has 0 spiro atoms. The molecule has 1 aliphatic carbocycles. The molecule has 0 unspecified atom stereocenters. The van der Waals surface area contributed by atoms with Crippen molar-refractivity contribution in [1.29, 1.82) is 0 Å². The van der Waals surface area contributed by atoms with Crippen LogP contribution >= 0.6 is 11.8 Å². The number of aromatic nitrogens is 4. The number of aryl methyl sites for hydroxylation is 1. The van der Waals surface area contributed by atoms with Gasteiger partial charge in [0.1, 0.15) is 22.1 Å². The second-order valence-electron chi connectivity index (χ2n) is 6.45. The van der Waals surface area contributed by atoms with E-state index in [1.54, 1.807) is 25.2 Å². The van der Waals surface area contributed by atoms with Gasteiger partial charge in [0.05, 0.1) is 0 Å². The summed E-state index contributed by atoms with van der Waals surface area (Å²) >= 11 is 1.29. The smallest absolute Gasteiger partial charge is 0.280 e. The van der Waals surface area contributed by atoms with Gasteiger partial charge >= 0.3 is 5.69 Å². The number of halogens is 1. The van der Waals surface area contributed by atoms with Crippen LogP contribution in [0.15, 0.2) is 38.9 Å². The van der Waals surface area contributed by atoms with Crippen LogP contribution in [0.4, 0.5) is 4.39 Å². The summed E-state index contributed by atoms with van der Waals surface area (Å²) in [5, 5.41) is 0.802. The van der Waals surface area contributed by atoms with Gasteiger partial charge in [-0.2, -0.15) is 0 Å². The van der Waals surface area contributed by atoms with Gasteiger partial charge in [0, 0.05) is 25.8 Å². The van der Waals surface area contributed by atoms with Gasteiger partial charge in [0.15, 0.2) is 5.65 Å². The summed E-state index contributed by atoms with van der Waals surface area (Å²) in [6.45, 7) is 0. The molecule has 1 saturated carbocycles. The Morgan fingerprint density at radius 2 is 1.88 bits per heavy atom. The highest BCUT2D eigenvalue weighted by Crippen LogP contribution is 2.39. The van der Waals surface area contributed by atoms with E-state index in [1.807, 2.05) is 0 Å². The lowest BCUT2D eigenvalue weighted by Gasteiger charge is -2.11. The summed E-state index contributed by atoms with van der Waals surface area (Å²) in [4.78, 5) is 34.0. The maximum atomic E-state index is 13.9. The Bertz CT molecular complexity index is 1130. The fourth-order valence-corrected chi connectivity index (χ4v) is 3.84. The van der Waals surface area contributed by atoms with Crippen molar-refractivity contribution in [2.24, 2.45) is 14.1 Å². The molecule has 0 saturated heterocycles. The second kappa shape index (κ2) is 6.35. The average molecular weight is 372 g/mol. The highest BCUT2D eigenvalue weighted by atomic mass is 32.2. The Labute approximate surface area is 152 Å². The number of thioether (sulfide) groups is 1. The van der Waals surface area contributed by atoms with E-state index >= 15 is 0 Å². The fourth-order valence-electron chi connectivity index (χ4n) is 2.84. The maximum Gasteiger partial charge on any atom is 0.332 e. The molecular formula is C18H17FN4O2S. The molecule has 6 nitrogen and oxygen atoms in total. The molecule has 4 rings (SSSR count). The molecule has 0 bridgehead atoms. The van der Waals surface area contributed by atoms with Crippen molar-refractivity contribution in [2.75, 3.05) is 0 Å². The summed E-state index contributed by atoms with van der Waals surface area (Å²) in [6.07, 6.45) is 2.00. The Morgan fingerprint density at radius 1 is 1.15 bits per heavy atom. The van der Waals surface area contributed by atoms with E-state index in [4.69, 9.17) is 0 Å². The van der Waals surface area contributed by atoms with Crippen molar-refractivity contribution in [2.45, 2.75) is 29.5 Å². The highest BCUT2D eigenvalue weighted by molar-refractivity contribution is 7.98. The lowest BCUT2D eigenvalue weighted by Crippen LogP contribution is -2.37. The van der Waals surface area contributed by atoms with Crippen LogP contribution < -0.4 is 11.2 Å². The van der Waals surface area contributed by atoms with Crippen molar-refractivity contribution in [3.63, 3.8) is 0 Å². The van der Waals surface area contributed by atoms with Gasteiger partial charge in [0.2, 0.25) is 0 Å². The number of fused-ring (bicyclic) bond motifs is 1. The van der Waals surface area contributed by atoms with Crippen molar-refractivity contribution in [3.05, 3.63) is 62.3 Å². The van der Waals surface area contributed by atoms with Gasteiger partial charge in [-0.15, -0.1) is 11.8 Å². The molecular weight excluding hydrogens is 355 g/mol. The first-order valence-corrected chi connectivity index (χ1v) is 9.29. The van der Waals surface area contributed by atoms with Gasteiger partial charge in [-0.05, 0) is 24.5 Å². The summed E-state index contributed by atoms with van der Waals surface area (Å²) in [5.74, 6) is 0.971. The molecule has 1 aromatic carbocycles. The monoisotopic (exact) mass is 372 g/mol. The third-order valence-corrected chi connectivity index (χ3v) is 5.57. The molecule has 8 heteroatoms. The zero-order chi connectivity index (χ0) is 18.4. The van der Waals surface area contributed by atoms with Crippen molar-refractivity contribution >= 4 is 22.8 Å². The van der Waals surface area contributed by atoms with Crippen molar-refractivity contribution in [3.8, 4) is 0 Å². The summed E-state index contributed by atoms with van der Waals surface area (Å²) in [5.41, 5.74) is 0.0272. The molecule has 2 aromatic heterocycles. The Kier molecular flexibility index (Phi) is 4.14. The van der Waals surface area contributed by atoms with Crippen LogP contribution in [0.25, 0.3) is 11.0 Å². The van der Waals surface area contributed by atoms with Crippen LogP contribution in [0.1, 0.15) is 30.1 Å². The zero-order valence-electron chi connectivity index (χ0n) is 14.4. The minimum atomic E-state index is -0.429. The minimum Gasteiger partial charge on any atom is -0.280 e. The van der Waals surface area contributed by atoms with Crippen LogP contribution in [-0.2, 0) is 19.8 Å². The summed E-state index contributed by atoms with van der Waals surface area (Å²) < 4.78 is 16.4. The maximum absolute atomic E-state index is 13.9. The second-order valence-corrected chi connectivity index (χ2v) is 7.41. The Hall–Kier alpha value is -2.48. The first kappa shape index (κ1) is 17.0. The summed E-state index contributed by atoms with van der Waals surface area (Å²) in [7, 11) is 3.03. The first-order chi connectivity index (χ1) is 12.5. The Balaban J connectivity index is 1.88. The Morgan fingerprint density at radius 3 is 2.58 bits per heavy atom. The number of nitrogens with zero attached hydrogens (tertiary/aromatic N) is 4. The molecule has 0 radical (unpaired) electrons. The lowest BCUT2D eigenvalue weighted by molar-refractivity contribution is 0.617. The number of hydrogen-bond acceptors (Lipinski definition) is 5. The molecule has 0 atom stereocenters. The van der Waals surface area contributed by atoms with Gasteiger partial charge in [-0.1, -0.05) is 18.2 Å². The van der Waals surface area contributed by atoms with E-state index < -0.39 is 11.2 Å². The molecule has 1 fully saturated rings. The zero-order valence-corrected chi connectivity index (χ0v) is 15.2. The van der Waals surface area contributed by atoms with E-state index in [9.17, 15) is 14.0 Å². The molecule has 0 amide bonds. The number of hydrogen-bond donors (Lipinski definition) is 0. The predicted octanol–water partition coefficient (Wildman–Crippen LogP) is 2.34. The quantitative estimate of drug-likeness (QED) is 0.519. The van der Waals surface area contributed by atoms with Gasteiger partial charge in [-0.25, -0.2) is 19.2 Å². The topological polar surface area (TPSA) is 69.8 Å². The molecule has 1 aliphatic rings. The van der Waals surface area contributed by atoms with Gasteiger partial charge < -0.3 is 0 Å². The van der Waals surface area contributed by atoms with Crippen LogP contribution in [0, 0.1) is 5.82 Å². The average Bonchev–Trinajstić information content (AvgIpc) is 3.48. The van der Waals surface area contributed by atoms with Crippen molar-refractivity contribution in [1.82, 2.24) is 19.1 Å². The third-order valence-electron chi connectivity index (χ3n) is 4.55. The largest absolute Gasteiger partial charge is 0.332 e. The van der Waals surface area contributed by atoms with Crippen LogP contribution in [0.5, 0.6) is 0 Å². The molecule has 0 aliphatic heterocycles. The van der Waals surface area contributed by atoms with Gasteiger partial charge in [-0.3, -0.25) is 13.9 Å². The molecule has 2 heterocycles. The first-order valence-electron chi connectivity index (χ1n) is 8.31. The van der Waals surface area contributed by atoms with Crippen molar-refractivity contribution < 1.29 is 4.39 Å². The molecule has 0 N–H and O–H groups in total. The van der Waals surface area contributed by atoms with E-state index in [0.717, 1.165) is 17.4 Å².